The van der Waals surface area contributed by atoms with Crippen molar-refractivity contribution in [2.75, 3.05) is 39.9 Å². The molecule has 144 valence electrons. The van der Waals surface area contributed by atoms with Crippen molar-refractivity contribution in [3.63, 3.8) is 0 Å². The van der Waals surface area contributed by atoms with Crippen LogP contribution in [0.3, 0.4) is 0 Å². The third-order valence-corrected chi connectivity index (χ3v) is 4.98. The fourth-order valence-corrected chi connectivity index (χ4v) is 3.45. The van der Waals surface area contributed by atoms with Crippen molar-refractivity contribution in [1.82, 2.24) is 15.5 Å². The summed E-state index contributed by atoms with van der Waals surface area (Å²) < 4.78 is 5.54. The lowest BCUT2D eigenvalue weighted by molar-refractivity contribution is 0.0170. The van der Waals surface area contributed by atoms with Crippen molar-refractivity contribution in [3.05, 3.63) is 47.5 Å². The zero-order valence-corrected chi connectivity index (χ0v) is 18.1. The molecule has 1 fully saturated rings. The Kier molecular flexibility index (Phi) is 8.87. The van der Waals surface area contributed by atoms with Crippen molar-refractivity contribution in [3.8, 4) is 0 Å². The smallest absolute Gasteiger partial charge is 0.191 e. The van der Waals surface area contributed by atoms with Crippen LogP contribution in [0, 0.1) is 6.92 Å². The van der Waals surface area contributed by atoms with Gasteiger partial charge in [-0.1, -0.05) is 42.0 Å². The van der Waals surface area contributed by atoms with Gasteiger partial charge in [-0.3, -0.25) is 9.89 Å². The van der Waals surface area contributed by atoms with E-state index in [1.165, 1.54) is 11.1 Å². The highest BCUT2D eigenvalue weighted by Crippen LogP contribution is 2.22. The summed E-state index contributed by atoms with van der Waals surface area (Å²) in [6.45, 7) is 6.53. The van der Waals surface area contributed by atoms with Crippen molar-refractivity contribution in [2.45, 2.75) is 31.8 Å². The number of ether oxygens (including phenoxy) is 1. The minimum atomic E-state index is 0. The second kappa shape index (κ2) is 10.9. The molecule has 1 saturated heterocycles. The summed E-state index contributed by atoms with van der Waals surface area (Å²) in [5.74, 6) is 0.888. The van der Waals surface area contributed by atoms with Crippen molar-refractivity contribution in [2.24, 2.45) is 4.99 Å². The standard InChI is InChI=1S/C20H30N4O.HI/c1-16-7-9-17(10-8-16)19(24-11-13-25-14-12-24)15-22-20(21-2)23-18-5-3-4-6-18;/h3-4,7-10,18-19H,5-6,11-15H2,1-2H3,(H2,21,22,23);1H. The van der Waals surface area contributed by atoms with Crippen molar-refractivity contribution in [1.29, 1.82) is 0 Å². The molecule has 1 atom stereocenters. The first-order chi connectivity index (χ1) is 12.3. The molecule has 2 aliphatic rings. The molecule has 0 bridgehead atoms. The van der Waals surface area contributed by atoms with E-state index < -0.39 is 0 Å². The minimum Gasteiger partial charge on any atom is -0.379 e. The number of hydrogen-bond donors (Lipinski definition) is 2. The quantitative estimate of drug-likeness (QED) is 0.301. The monoisotopic (exact) mass is 470 g/mol. The van der Waals surface area contributed by atoms with E-state index in [2.05, 4.69) is 63.9 Å². The Labute approximate surface area is 174 Å². The molecule has 0 spiro atoms. The van der Waals surface area contributed by atoms with E-state index in [9.17, 15) is 0 Å². The van der Waals surface area contributed by atoms with Gasteiger partial charge in [-0.25, -0.2) is 0 Å². The predicted octanol–water partition coefficient (Wildman–Crippen LogP) is 2.87. The fourth-order valence-electron chi connectivity index (χ4n) is 3.45. The molecule has 3 rings (SSSR count). The molecule has 1 aromatic carbocycles. The Bertz CT molecular complexity index is 588. The number of hydrogen-bond acceptors (Lipinski definition) is 3. The molecular weight excluding hydrogens is 439 g/mol. The highest BCUT2D eigenvalue weighted by Gasteiger charge is 2.23. The van der Waals surface area contributed by atoms with Crippen LogP contribution in [-0.2, 0) is 4.74 Å². The zero-order chi connectivity index (χ0) is 17.5. The molecule has 5 nitrogen and oxygen atoms in total. The van der Waals surface area contributed by atoms with Crippen LogP contribution in [0.4, 0.5) is 0 Å². The molecule has 0 saturated carbocycles. The molecule has 6 heteroatoms. The average Bonchev–Trinajstić information content (AvgIpc) is 3.16. The number of rotatable bonds is 5. The predicted molar refractivity (Wildman–Crippen MR) is 118 cm³/mol. The van der Waals surface area contributed by atoms with Gasteiger partial charge in [0.2, 0.25) is 0 Å². The lowest BCUT2D eigenvalue weighted by atomic mass is 10.0. The third-order valence-electron chi connectivity index (χ3n) is 4.98. The Balaban J connectivity index is 0.00000243. The van der Waals surface area contributed by atoms with Gasteiger partial charge in [-0.2, -0.15) is 0 Å². The van der Waals surface area contributed by atoms with Crippen LogP contribution in [0.5, 0.6) is 0 Å². The van der Waals surface area contributed by atoms with Crippen LogP contribution in [0.25, 0.3) is 0 Å². The van der Waals surface area contributed by atoms with E-state index in [4.69, 9.17) is 4.74 Å². The normalized spacial score (nSPS) is 19.8. The SMILES string of the molecule is CN=C(NCC(c1ccc(C)cc1)N1CCOCC1)NC1CC=CC1.I. The molecule has 0 amide bonds. The van der Waals surface area contributed by atoms with Gasteiger partial charge in [0.1, 0.15) is 0 Å². The Hall–Kier alpha value is -1.12. The van der Waals surface area contributed by atoms with Crippen LogP contribution in [0.15, 0.2) is 41.4 Å². The summed E-state index contributed by atoms with van der Waals surface area (Å²) in [5.41, 5.74) is 2.64. The molecule has 1 aliphatic carbocycles. The number of nitrogens with one attached hydrogen (secondary N) is 2. The van der Waals surface area contributed by atoms with E-state index in [0.29, 0.717) is 12.1 Å². The van der Waals surface area contributed by atoms with Gasteiger partial charge in [0.25, 0.3) is 0 Å². The van der Waals surface area contributed by atoms with Crippen LogP contribution in [-0.4, -0.2) is 56.8 Å². The largest absolute Gasteiger partial charge is 0.379 e. The molecule has 26 heavy (non-hydrogen) atoms. The van der Waals surface area contributed by atoms with Crippen LogP contribution in [0.1, 0.15) is 30.0 Å². The van der Waals surface area contributed by atoms with E-state index >= 15 is 0 Å². The topological polar surface area (TPSA) is 48.9 Å². The number of benzene rings is 1. The van der Waals surface area contributed by atoms with Gasteiger partial charge in [0.05, 0.1) is 19.3 Å². The van der Waals surface area contributed by atoms with Gasteiger partial charge >= 0.3 is 0 Å². The second-order valence-corrected chi connectivity index (χ2v) is 6.81. The van der Waals surface area contributed by atoms with Gasteiger partial charge in [-0.05, 0) is 25.3 Å². The van der Waals surface area contributed by atoms with Crippen molar-refractivity contribution < 1.29 is 4.74 Å². The number of guanidine groups is 1. The summed E-state index contributed by atoms with van der Waals surface area (Å²) in [6, 6.07) is 9.67. The lowest BCUT2D eigenvalue weighted by Crippen LogP contribution is -2.48. The summed E-state index contributed by atoms with van der Waals surface area (Å²) in [4.78, 5) is 6.91. The molecule has 2 N–H and O–H groups in total. The van der Waals surface area contributed by atoms with Gasteiger partial charge in [0.15, 0.2) is 5.96 Å². The fraction of sp³-hybridized carbons (Fsp3) is 0.550. The summed E-state index contributed by atoms with van der Waals surface area (Å²) in [7, 11) is 1.84. The van der Waals surface area contributed by atoms with Gasteiger partial charge in [-0.15, -0.1) is 24.0 Å². The maximum Gasteiger partial charge on any atom is 0.191 e. The third kappa shape index (κ3) is 5.96. The second-order valence-electron chi connectivity index (χ2n) is 6.81. The number of morpholine rings is 1. The molecule has 1 aliphatic heterocycles. The molecule has 0 radical (unpaired) electrons. The Morgan fingerprint density at radius 2 is 1.85 bits per heavy atom. The van der Waals surface area contributed by atoms with E-state index in [0.717, 1.165) is 51.6 Å². The van der Waals surface area contributed by atoms with Crippen LogP contribution < -0.4 is 10.6 Å². The molecular formula is C20H31IN4O. The molecule has 0 aromatic heterocycles. The average molecular weight is 470 g/mol. The zero-order valence-electron chi connectivity index (χ0n) is 15.8. The van der Waals surface area contributed by atoms with E-state index in [1.807, 2.05) is 7.05 Å². The van der Waals surface area contributed by atoms with Crippen LogP contribution >= 0.6 is 24.0 Å². The number of aryl methyl sites for hydroxylation is 1. The maximum absolute atomic E-state index is 5.54. The van der Waals surface area contributed by atoms with Crippen molar-refractivity contribution >= 4 is 29.9 Å². The minimum absolute atomic E-state index is 0. The summed E-state index contributed by atoms with van der Waals surface area (Å²) in [5, 5.41) is 7.05. The van der Waals surface area contributed by atoms with E-state index in [1.54, 1.807) is 0 Å². The molecule has 1 heterocycles. The Morgan fingerprint density at radius 1 is 1.19 bits per heavy atom. The lowest BCUT2D eigenvalue weighted by Gasteiger charge is -2.35. The highest BCUT2D eigenvalue weighted by molar-refractivity contribution is 14.0. The number of nitrogens with zero attached hydrogens (tertiary/aromatic N) is 2. The molecule has 1 aromatic rings. The highest BCUT2D eigenvalue weighted by atomic mass is 127. The van der Waals surface area contributed by atoms with Crippen LogP contribution in [0.2, 0.25) is 0 Å². The summed E-state index contributed by atoms with van der Waals surface area (Å²) >= 11 is 0. The summed E-state index contributed by atoms with van der Waals surface area (Å²) in [6.07, 6.45) is 6.61. The molecule has 1 unspecified atom stereocenters. The van der Waals surface area contributed by atoms with Gasteiger partial charge < -0.3 is 15.4 Å². The number of aliphatic imine (C=N–C) groups is 1. The first kappa shape index (κ1) is 21.2. The first-order valence-corrected chi connectivity index (χ1v) is 9.27. The number of halogens is 1. The van der Waals surface area contributed by atoms with Gasteiger partial charge in [0, 0.05) is 32.7 Å². The maximum atomic E-state index is 5.54. The Morgan fingerprint density at radius 3 is 2.46 bits per heavy atom. The first-order valence-electron chi connectivity index (χ1n) is 9.27. The van der Waals surface area contributed by atoms with E-state index in [-0.39, 0.29) is 24.0 Å².